The van der Waals surface area contributed by atoms with E-state index in [-0.39, 0.29) is 21.6 Å². The van der Waals surface area contributed by atoms with Crippen molar-refractivity contribution in [2.24, 2.45) is 0 Å². The minimum absolute atomic E-state index is 0.135. The predicted molar refractivity (Wildman–Crippen MR) is 100.0 cm³/mol. The molecule has 4 rings (SSSR count). The highest BCUT2D eigenvalue weighted by Crippen LogP contribution is 2.33. The third-order valence-electron chi connectivity index (χ3n) is 3.64. The van der Waals surface area contributed by atoms with E-state index in [0.717, 1.165) is 34.1 Å². The molecule has 0 radical (unpaired) electrons. The number of benzene rings is 1. The standard InChI is InChI=1S/C16H8BrClF3N5OS/c17-10-3-1-8(2-4-10)14-24-22-12(27-14)7-28-15-25-23-13-11(18)5-9(6-26(13)15)16(19,20)21/h1-6H,7H2. The second kappa shape index (κ2) is 7.37. The van der Waals surface area contributed by atoms with Crippen LogP contribution in [0.2, 0.25) is 5.02 Å². The molecule has 0 unspecified atom stereocenters. The Morgan fingerprint density at radius 2 is 1.86 bits per heavy atom. The first-order valence-electron chi connectivity index (χ1n) is 7.64. The number of nitrogens with zero attached hydrogens (tertiary/aromatic N) is 5. The maximum absolute atomic E-state index is 13.0. The molecule has 0 aliphatic rings. The number of thioether (sulfide) groups is 1. The molecule has 0 saturated heterocycles. The highest BCUT2D eigenvalue weighted by atomic mass is 79.9. The molecule has 0 saturated carbocycles. The van der Waals surface area contributed by atoms with Crippen molar-refractivity contribution in [2.75, 3.05) is 0 Å². The van der Waals surface area contributed by atoms with E-state index in [1.54, 1.807) is 0 Å². The molecular weight excluding hydrogens is 483 g/mol. The number of pyridine rings is 1. The van der Waals surface area contributed by atoms with Crippen molar-refractivity contribution in [1.29, 1.82) is 0 Å². The fraction of sp³-hybridized carbons (Fsp3) is 0.125. The number of rotatable bonds is 4. The van der Waals surface area contributed by atoms with Gasteiger partial charge in [-0.2, -0.15) is 13.2 Å². The Bertz CT molecular complexity index is 1150. The molecule has 0 aliphatic heterocycles. The topological polar surface area (TPSA) is 69.1 Å². The van der Waals surface area contributed by atoms with E-state index in [0.29, 0.717) is 11.8 Å². The minimum Gasteiger partial charge on any atom is -0.420 e. The fourth-order valence-corrected chi connectivity index (χ4v) is 3.59. The van der Waals surface area contributed by atoms with E-state index < -0.39 is 11.7 Å². The Labute approximate surface area is 173 Å². The smallest absolute Gasteiger partial charge is 0.417 e. The van der Waals surface area contributed by atoms with Gasteiger partial charge in [0.15, 0.2) is 10.8 Å². The molecule has 0 bridgehead atoms. The molecular formula is C16H8BrClF3N5OS. The summed E-state index contributed by atoms with van der Waals surface area (Å²) in [6.07, 6.45) is -3.62. The van der Waals surface area contributed by atoms with Crippen molar-refractivity contribution in [1.82, 2.24) is 24.8 Å². The number of aromatic nitrogens is 5. The van der Waals surface area contributed by atoms with Gasteiger partial charge in [-0.3, -0.25) is 4.40 Å². The summed E-state index contributed by atoms with van der Waals surface area (Å²) in [5.74, 6) is 0.854. The summed E-state index contributed by atoms with van der Waals surface area (Å²) in [4.78, 5) is 0. The van der Waals surface area contributed by atoms with E-state index in [9.17, 15) is 13.2 Å². The molecule has 12 heteroatoms. The first kappa shape index (κ1) is 19.2. The SMILES string of the molecule is FC(F)(F)c1cc(Cl)c2nnc(SCc3nnc(-c4ccc(Br)cc4)o3)n2c1. The number of halogens is 5. The van der Waals surface area contributed by atoms with Crippen LogP contribution in [0, 0.1) is 0 Å². The summed E-state index contributed by atoms with van der Waals surface area (Å²) in [6.45, 7) is 0. The molecule has 0 fully saturated rings. The Balaban J connectivity index is 1.56. The highest BCUT2D eigenvalue weighted by molar-refractivity contribution is 9.10. The minimum atomic E-state index is -4.53. The van der Waals surface area contributed by atoms with Gasteiger partial charge in [0.25, 0.3) is 0 Å². The van der Waals surface area contributed by atoms with Gasteiger partial charge < -0.3 is 4.42 Å². The van der Waals surface area contributed by atoms with Crippen LogP contribution in [0.5, 0.6) is 0 Å². The van der Waals surface area contributed by atoms with Gasteiger partial charge in [-0.1, -0.05) is 39.3 Å². The molecule has 0 atom stereocenters. The molecule has 0 spiro atoms. The van der Waals surface area contributed by atoms with Crippen molar-refractivity contribution in [3.05, 3.63) is 57.5 Å². The number of hydrogen-bond acceptors (Lipinski definition) is 6. The van der Waals surface area contributed by atoms with Gasteiger partial charge in [0.2, 0.25) is 11.8 Å². The lowest BCUT2D eigenvalue weighted by molar-refractivity contribution is -0.137. The number of hydrogen-bond donors (Lipinski definition) is 0. The van der Waals surface area contributed by atoms with E-state index >= 15 is 0 Å². The lowest BCUT2D eigenvalue weighted by Gasteiger charge is -2.08. The highest BCUT2D eigenvalue weighted by Gasteiger charge is 2.32. The summed E-state index contributed by atoms with van der Waals surface area (Å²) >= 11 is 10.4. The van der Waals surface area contributed by atoms with Gasteiger partial charge in [0.1, 0.15) is 0 Å². The van der Waals surface area contributed by atoms with Crippen LogP contribution in [0.3, 0.4) is 0 Å². The maximum Gasteiger partial charge on any atom is 0.417 e. The zero-order chi connectivity index (χ0) is 19.9. The summed E-state index contributed by atoms with van der Waals surface area (Å²) < 4.78 is 46.8. The van der Waals surface area contributed by atoms with Crippen LogP contribution in [0.25, 0.3) is 17.1 Å². The van der Waals surface area contributed by atoms with Gasteiger partial charge in [-0.15, -0.1) is 20.4 Å². The van der Waals surface area contributed by atoms with E-state index in [1.807, 2.05) is 24.3 Å². The van der Waals surface area contributed by atoms with Crippen LogP contribution in [0.15, 0.2) is 50.6 Å². The zero-order valence-corrected chi connectivity index (χ0v) is 16.8. The Morgan fingerprint density at radius 3 is 2.57 bits per heavy atom. The Kier molecular flexibility index (Phi) is 5.06. The normalized spacial score (nSPS) is 12.0. The van der Waals surface area contributed by atoms with Crippen LogP contribution in [0.1, 0.15) is 11.5 Å². The summed E-state index contributed by atoms with van der Waals surface area (Å²) in [7, 11) is 0. The zero-order valence-electron chi connectivity index (χ0n) is 13.6. The Morgan fingerprint density at radius 1 is 1.11 bits per heavy atom. The quantitative estimate of drug-likeness (QED) is 0.352. The van der Waals surface area contributed by atoms with Crippen LogP contribution in [0.4, 0.5) is 13.2 Å². The third-order valence-corrected chi connectivity index (χ3v) is 5.37. The summed E-state index contributed by atoms with van der Waals surface area (Å²) in [5.41, 5.74) is 0.00157. The molecule has 3 aromatic heterocycles. The summed E-state index contributed by atoms with van der Waals surface area (Å²) in [5, 5.41) is 15.8. The molecule has 3 heterocycles. The molecule has 0 aliphatic carbocycles. The Hall–Kier alpha value is -2.11. The van der Waals surface area contributed by atoms with Crippen molar-refractivity contribution < 1.29 is 17.6 Å². The number of fused-ring (bicyclic) bond motifs is 1. The monoisotopic (exact) mass is 489 g/mol. The lowest BCUT2D eigenvalue weighted by atomic mass is 10.2. The average Bonchev–Trinajstić information content (AvgIpc) is 3.27. The second-order valence-corrected chi connectivity index (χ2v) is 7.81. The van der Waals surface area contributed by atoms with Crippen molar-refractivity contribution in [3.63, 3.8) is 0 Å². The summed E-state index contributed by atoms with van der Waals surface area (Å²) in [6, 6.07) is 8.15. The van der Waals surface area contributed by atoms with Crippen LogP contribution in [-0.4, -0.2) is 24.8 Å². The molecule has 6 nitrogen and oxygen atoms in total. The van der Waals surface area contributed by atoms with Gasteiger partial charge in [0, 0.05) is 16.2 Å². The molecule has 4 aromatic rings. The first-order valence-corrected chi connectivity index (χ1v) is 9.79. The molecule has 144 valence electrons. The largest absolute Gasteiger partial charge is 0.420 e. The maximum atomic E-state index is 13.0. The fourth-order valence-electron chi connectivity index (χ4n) is 2.33. The van der Waals surface area contributed by atoms with Crippen LogP contribution >= 0.6 is 39.3 Å². The second-order valence-electron chi connectivity index (χ2n) is 5.55. The third kappa shape index (κ3) is 3.87. The van der Waals surface area contributed by atoms with Gasteiger partial charge in [-0.05, 0) is 30.3 Å². The van der Waals surface area contributed by atoms with Gasteiger partial charge >= 0.3 is 6.18 Å². The van der Waals surface area contributed by atoms with E-state index in [1.165, 1.54) is 4.40 Å². The van der Waals surface area contributed by atoms with Crippen LogP contribution in [-0.2, 0) is 11.9 Å². The van der Waals surface area contributed by atoms with E-state index in [2.05, 4.69) is 36.3 Å². The molecule has 28 heavy (non-hydrogen) atoms. The number of alkyl halides is 3. The lowest BCUT2D eigenvalue weighted by Crippen LogP contribution is -2.07. The van der Waals surface area contributed by atoms with Crippen molar-refractivity contribution >= 4 is 44.9 Å². The first-order chi connectivity index (χ1) is 13.3. The van der Waals surface area contributed by atoms with Crippen molar-refractivity contribution in [3.8, 4) is 11.5 Å². The van der Waals surface area contributed by atoms with Gasteiger partial charge in [0.05, 0.1) is 16.3 Å². The van der Waals surface area contributed by atoms with Crippen molar-refractivity contribution in [2.45, 2.75) is 17.1 Å². The van der Waals surface area contributed by atoms with Gasteiger partial charge in [-0.25, -0.2) is 0 Å². The van der Waals surface area contributed by atoms with E-state index in [4.69, 9.17) is 16.0 Å². The average molecular weight is 491 g/mol. The molecule has 0 N–H and O–H groups in total. The predicted octanol–water partition coefficient (Wildman–Crippen LogP) is 5.51. The molecule has 0 amide bonds. The van der Waals surface area contributed by atoms with Crippen LogP contribution < -0.4 is 0 Å². The molecule has 1 aromatic carbocycles.